The summed E-state index contributed by atoms with van der Waals surface area (Å²) in [7, 11) is 0. The van der Waals surface area contributed by atoms with Crippen LogP contribution < -0.4 is 5.73 Å². The van der Waals surface area contributed by atoms with E-state index in [4.69, 9.17) is 17.3 Å². The average Bonchev–Trinajstić information content (AvgIpc) is 2.40. The van der Waals surface area contributed by atoms with E-state index in [9.17, 15) is 0 Å². The van der Waals surface area contributed by atoms with Crippen molar-refractivity contribution in [2.75, 3.05) is 0 Å². The molecule has 1 aromatic rings. The van der Waals surface area contributed by atoms with Gasteiger partial charge in [0.15, 0.2) is 0 Å². The third-order valence-electron chi connectivity index (χ3n) is 2.44. The van der Waals surface area contributed by atoms with Gasteiger partial charge in [-0.1, -0.05) is 11.6 Å². The smallest absolute Gasteiger partial charge is 0.0978 e. The Labute approximate surface area is 81.5 Å². The van der Waals surface area contributed by atoms with Crippen LogP contribution in [0, 0.1) is 0 Å². The molecule has 0 aromatic carbocycles. The third kappa shape index (κ3) is 1.28. The Morgan fingerprint density at radius 3 is 2.83 bits per heavy atom. The van der Waals surface area contributed by atoms with E-state index in [1.807, 2.05) is 0 Å². The van der Waals surface area contributed by atoms with Crippen LogP contribution in [0.1, 0.15) is 28.8 Å². The van der Waals surface area contributed by atoms with Crippen LogP contribution in [0.2, 0.25) is 4.34 Å². The Morgan fingerprint density at radius 1 is 1.33 bits per heavy atom. The molecule has 0 fully saturated rings. The molecular weight excluding hydrogens is 190 g/mol. The van der Waals surface area contributed by atoms with Crippen LogP contribution in [0.15, 0.2) is 0 Å². The van der Waals surface area contributed by atoms with Gasteiger partial charge in [-0.2, -0.15) is 0 Å². The summed E-state index contributed by atoms with van der Waals surface area (Å²) in [5, 5.41) is 0. The van der Waals surface area contributed by atoms with E-state index in [1.165, 1.54) is 41.7 Å². The molecule has 0 amide bonds. The lowest BCUT2D eigenvalue weighted by molar-refractivity contribution is 0.691. The normalized spacial score (nSPS) is 16.2. The minimum atomic E-state index is 0.602. The fourth-order valence-electron chi connectivity index (χ4n) is 1.80. The maximum Gasteiger partial charge on any atom is 0.0978 e. The van der Waals surface area contributed by atoms with Crippen molar-refractivity contribution < 1.29 is 0 Å². The van der Waals surface area contributed by atoms with Gasteiger partial charge in [-0.25, -0.2) is 0 Å². The summed E-state index contributed by atoms with van der Waals surface area (Å²) < 4.78 is 0.921. The first kappa shape index (κ1) is 8.54. The lowest BCUT2D eigenvalue weighted by atomic mass is 9.96. The minimum absolute atomic E-state index is 0.602. The Hall–Kier alpha value is -0.0500. The number of hydrogen-bond acceptors (Lipinski definition) is 2. The summed E-state index contributed by atoms with van der Waals surface area (Å²) in [6, 6.07) is 0. The predicted octanol–water partition coefficient (Wildman–Crippen LogP) is 2.74. The van der Waals surface area contributed by atoms with Gasteiger partial charge in [0.05, 0.1) is 4.34 Å². The standard InChI is InChI=1S/C9H12ClNS/c10-9-7(5-11)6-3-1-2-4-8(6)12-9/h1-5,11H2. The number of halogens is 1. The van der Waals surface area contributed by atoms with Crippen LogP contribution in [0.25, 0.3) is 0 Å². The van der Waals surface area contributed by atoms with Crippen molar-refractivity contribution in [2.24, 2.45) is 5.73 Å². The maximum absolute atomic E-state index is 6.07. The van der Waals surface area contributed by atoms with Crippen LogP contribution in [-0.2, 0) is 19.4 Å². The molecule has 0 atom stereocenters. The second-order valence-electron chi connectivity index (χ2n) is 3.17. The van der Waals surface area contributed by atoms with E-state index in [1.54, 1.807) is 11.3 Å². The molecule has 3 heteroatoms. The van der Waals surface area contributed by atoms with Crippen molar-refractivity contribution >= 4 is 22.9 Å². The van der Waals surface area contributed by atoms with Gasteiger partial charge in [-0.15, -0.1) is 11.3 Å². The summed E-state index contributed by atoms with van der Waals surface area (Å²) in [5.74, 6) is 0. The van der Waals surface area contributed by atoms with Gasteiger partial charge < -0.3 is 5.73 Å². The van der Waals surface area contributed by atoms with Gasteiger partial charge in [-0.05, 0) is 36.8 Å². The SMILES string of the molecule is NCc1c(Cl)sc2c1CCCC2. The zero-order valence-corrected chi connectivity index (χ0v) is 8.47. The van der Waals surface area contributed by atoms with Crippen molar-refractivity contribution in [3.8, 4) is 0 Å². The summed E-state index contributed by atoms with van der Waals surface area (Å²) in [5.41, 5.74) is 8.30. The summed E-state index contributed by atoms with van der Waals surface area (Å²) in [6.07, 6.45) is 5.01. The quantitative estimate of drug-likeness (QED) is 0.743. The topological polar surface area (TPSA) is 26.0 Å². The summed E-state index contributed by atoms with van der Waals surface area (Å²) in [6.45, 7) is 0.602. The Bertz CT molecular complexity index is 293. The van der Waals surface area contributed by atoms with Gasteiger partial charge in [0.25, 0.3) is 0 Å². The molecular formula is C9H12ClNS. The second kappa shape index (κ2) is 3.36. The Kier molecular flexibility index (Phi) is 2.40. The highest BCUT2D eigenvalue weighted by atomic mass is 35.5. The first-order valence-corrected chi connectivity index (χ1v) is 5.51. The largest absolute Gasteiger partial charge is 0.326 e. The van der Waals surface area contributed by atoms with Crippen molar-refractivity contribution in [3.05, 3.63) is 20.3 Å². The minimum Gasteiger partial charge on any atom is -0.326 e. The highest BCUT2D eigenvalue weighted by Crippen LogP contribution is 2.36. The van der Waals surface area contributed by atoms with Crippen LogP contribution in [0.4, 0.5) is 0 Å². The van der Waals surface area contributed by atoms with Crippen molar-refractivity contribution in [2.45, 2.75) is 32.2 Å². The summed E-state index contributed by atoms with van der Waals surface area (Å²) >= 11 is 7.80. The first-order valence-electron chi connectivity index (χ1n) is 4.32. The number of thiophene rings is 1. The zero-order valence-electron chi connectivity index (χ0n) is 6.90. The van der Waals surface area contributed by atoms with Gasteiger partial charge in [-0.3, -0.25) is 0 Å². The van der Waals surface area contributed by atoms with E-state index in [0.717, 1.165) is 4.34 Å². The lowest BCUT2D eigenvalue weighted by Gasteiger charge is -2.11. The van der Waals surface area contributed by atoms with E-state index in [0.29, 0.717) is 6.54 Å². The number of rotatable bonds is 1. The lowest BCUT2D eigenvalue weighted by Crippen LogP contribution is -2.04. The Morgan fingerprint density at radius 2 is 2.08 bits per heavy atom. The monoisotopic (exact) mass is 201 g/mol. The highest BCUT2D eigenvalue weighted by Gasteiger charge is 2.18. The molecule has 0 unspecified atom stereocenters. The van der Waals surface area contributed by atoms with Crippen molar-refractivity contribution in [1.29, 1.82) is 0 Å². The van der Waals surface area contributed by atoms with E-state index < -0.39 is 0 Å². The molecule has 1 aliphatic carbocycles. The molecule has 1 aliphatic rings. The molecule has 1 heterocycles. The predicted molar refractivity (Wildman–Crippen MR) is 53.9 cm³/mol. The molecule has 0 saturated heterocycles. The van der Waals surface area contributed by atoms with Gasteiger partial charge in [0.2, 0.25) is 0 Å². The zero-order chi connectivity index (χ0) is 8.55. The van der Waals surface area contributed by atoms with Crippen molar-refractivity contribution in [3.63, 3.8) is 0 Å². The molecule has 1 aromatic heterocycles. The number of nitrogens with two attached hydrogens (primary N) is 1. The number of aryl methyl sites for hydroxylation is 1. The number of fused-ring (bicyclic) bond motifs is 1. The Balaban J connectivity index is 2.46. The maximum atomic E-state index is 6.07. The molecule has 0 aliphatic heterocycles. The highest BCUT2D eigenvalue weighted by molar-refractivity contribution is 7.16. The van der Waals surface area contributed by atoms with E-state index >= 15 is 0 Å². The van der Waals surface area contributed by atoms with Crippen LogP contribution in [0.3, 0.4) is 0 Å². The average molecular weight is 202 g/mol. The van der Waals surface area contributed by atoms with Crippen LogP contribution in [-0.4, -0.2) is 0 Å². The molecule has 2 rings (SSSR count). The van der Waals surface area contributed by atoms with Crippen molar-refractivity contribution in [1.82, 2.24) is 0 Å². The van der Waals surface area contributed by atoms with E-state index in [-0.39, 0.29) is 0 Å². The van der Waals surface area contributed by atoms with Gasteiger partial charge >= 0.3 is 0 Å². The third-order valence-corrected chi connectivity index (χ3v) is 4.02. The molecule has 66 valence electrons. The molecule has 0 saturated carbocycles. The first-order chi connectivity index (χ1) is 5.83. The molecule has 2 N–H and O–H groups in total. The molecule has 0 radical (unpaired) electrons. The summed E-state index contributed by atoms with van der Waals surface area (Å²) in [4.78, 5) is 1.48. The van der Waals surface area contributed by atoms with Crippen LogP contribution >= 0.6 is 22.9 Å². The molecule has 1 nitrogen and oxygen atoms in total. The molecule has 12 heavy (non-hydrogen) atoms. The molecule has 0 spiro atoms. The number of hydrogen-bond donors (Lipinski definition) is 1. The fourth-order valence-corrected chi connectivity index (χ4v) is 3.41. The second-order valence-corrected chi connectivity index (χ2v) is 4.87. The van der Waals surface area contributed by atoms with Gasteiger partial charge in [0.1, 0.15) is 0 Å². The fraction of sp³-hybridized carbons (Fsp3) is 0.556. The van der Waals surface area contributed by atoms with Crippen LogP contribution in [0.5, 0.6) is 0 Å². The van der Waals surface area contributed by atoms with E-state index in [2.05, 4.69) is 0 Å². The molecule has 0 bridgehead atoms. The van der Waals surface area contributed by atoms with Gasteiger partial charge in [0, 0.05) is 11.4 Å².